The van der Waals surface area contributed by atoms with Crippen molar-refractivity contribution in [2.24, 2.45) is 5.92 Å². The molecule has 1 aromatic carbocycles. The fourth-order valence-electron chi connectivity index (χ4n) is 4.55. The van der Waals surface area contributed by atoms with E-state index in [9.17, 15) is 9.59 Å². The standard InChI is InChI=1S/C24H31N3O2S/c1-16-9-10-19-20(15-16)30-23(25-22(28)17-7-5-4-6-8-17)21(19)24(29)27(3)18-11-13-26(2)14-12-18/h4-8,16,18H,9-15H2,1-3H3,(H,25,28)/t16-/m0/s1. The lowest BCUT2D eigenvalue weighted by Crippen LogP contribution is -2.44. The van der Waals surface area contributed by atoms with Gasteiger partial charge in [0, 0.05) is 23.5 Å². The van der Waals surface area contributed by atoms with Gasteiger partial charge in [0.15, 0.2) is 0 Å². The number of benzene rings is 1. The van der Waals surface area contributed by atoms with Gasteiger partial charge in [-0.2, -0.15) is 0 Å². The number of nitrogens with zero attached hydrogens (tertiary/aromatic N) is 2. The number of piperidine rings is 1. The number of nitrogens with one attached hydrogen (secondary N) is 1. The summed E-state index contributed by atoms with van der Waals surface area (Å²) in [5.74, 6) is 0.515. The van der Waals surface area contributed by atoms with Crippen LogP contribution in [0.1, 0.15) is 57.3 Å². The van der Waals surface area contributed by atoms with E-state index in [4.69, 9.17) is 0 Å². The van der Waals surface area contributed by atoms with Crippen molar-refractivity contribution in [3.8, 4) is 0 Å². The molecule has 30 heavy (non-hydrogen) atoms. The molecule has 2 aliphatic rings. The van der Waals surface area contributed by atoms with Crippen molar-refractivity contribution in [1.82, 2.24) is 9.80 Å². The second-order valence-corrected chi connectivity index (χ2v) is 9.93. The lowest BCUT2D eigenvalue weighted by molar-refractivity contribution is 0.0659. The first-order chi connectivity index (χ1) is 14.4. The van der Waals surface area contributed by atoms with E-state index >= 15 is 0 Å². The number of hydrogen-bond donors (Lipinski definition) is 1. The molecule has 2 amide bonds. The number of carbonyl (C=O) groups excluding carboxylic acids is 2. The Kier molecular flexibility index (Phi) is 6.25. The maximum atomic E-state index is 13.6. The van der Waals surface area contributed by atoms with Crippen LogP contribution in [0.25, 0.3) is 0 Å². The molecule has 1 atom stereocenters. The SMILES string of the molecule is C[C@H]1CCc2c(sc(NC(=O)c3ccccc3)c2C(=O)N(C)C2CCN(C)CC2)C1. The predicted molar refractivity (Wildman–Crippen MR) is 123 cm³/mol. The van der Waals surface area contributed by atoms with Crippen molar-refractivity contribution >= 4 is 28.2 Å². The van der Waals surface area contributed by atoms with Gasteiger partial charge in [-0.3, -0.25) is 9.59 Å². The second kappa shape index (κ2) is 8.90. The summed E-state index contributed by atoms with van der Waals surface area (Å²) in [6, 6.07) is 9.47. The normalized spacial score (nSPS) is 19.9. The number of hydrogen-bond acceptors (Lipinski definition) is 4. The molecule has 0 radical (unpaired) electrons. The molecule has 160 valence electrons. The quantitative estimate of drug-likeness (QED) is 0.795. The third kappa shape index (κ3) is 4.30. The first kappa shape index (κ1) is 21.1. The maximum Gasteiger partial charge on any atom is 0.257 e. The van der Waals surface area contributed by atoms with Gasteiger partial charge >= 0.3 is 0 Å². The van der Waals surface area contributed by atoms with E-state index in [1.54, 1.807) is 23.5 Å². The highest BCUT2D eigenvalue weighted by atomic mass is 32.1. The van der Waals surface area contributed by atoms with Crippen LogP contribution in [0.4, 0.5) is 5.00 Å². The Morgan fingerprint density at radius 3 is 2.53 bits per heavy atom. The molecule has 1 aliphatic heterocycles. The molecule has 2 aromatic rings. The highest BCUT2D eigenvalue weighted by Gasteiger charge is 2.32. The summed E-state index contributed by atoms with van der Waals surface area (Å²) < 4.78 is 0. The maximum absolute atomic E-state index is 13.6. The minimum Gasteiger partial charge on any atom is -0.339 e. The molecule has 4 rings (SSSR count). The monoisotopic (exact) mass is 425 g/mol. The van der Waals surface area contributed by atoms with Crippen LogP contribution in [-0.4, -0.2) is 54.8 Å². The fourth-order valence-corrected chi connectivity index (χ4v) is 5.95. The highest BCUT2D eigenvalue weighted by Crippen LogP contribution is 2.40. The van der Waals surface area contributed by atoms with Crippen LogP contribution >= 0.6 is 11.3 Å². The summed E-state index contributed by atoms with van der Waals surface area (Å²) in [6.07, 6.45) is 4.98. The molecule has 5 nitrogen and oxygen atoms in total. The number of rotatable bonds is 4. The number of amides is 2. The molecular weight excluding hydrogens is 394 g/mol. The minimum absolute atomic E-state index is 0.0555. The number of likely N-dealkylation sites (tertiary alicyclic amines) is 1. The van der Waals surface area contributed by atoms with Gasteiger partial charge in [-0.15, -0.1) is 11.3 Å². The Hall–Kier alpha value is -2.18. The summed E-state index contributed by atoms with van der Waals surface area (Å²) in [5, 5.41) is 3.78. The van der Waals surface area contributed by atoms with E-state index in [0.29, 0.717) is 16.5 Å². The molecule has 1 aromatic heterocycles. The molecule has 0 spiro atoms. The number of carbonyl (C=O) groups is 2. The van der Waals surface area contributed by atoms with Gasteiger partial charge in [-0.05, 0) is 75.9 Å². The zero-order valence-corrected chi connectivity index (χ0v) is 18.9. The zero-order chi connectivity index (χ0) is 21.3. The largest absolute Gasteiger partial charge is 0.339 e. The highest BCUT2D eigenvalue weighted by molar-refractivity contribution is 7.17. The predicted octanol–water partition coefficient (Wildman–Crippen LogP) is 4.29. The molecule has 0 bridgehead atoms. The smallest absolute Gasteiger partial charge is 0.257 e. The third-order valence-electron chi connectivity index (χ3n) is 6.54. The van der Waals surface area contributed by atoms with E-state index in [2.05, 4.69) is 24.2 Å². The van der Waals surface area contributed by atoms with E-state index in [1.807, 2.05) is 30.1 Å². The average molecular weight is 426 g/mol. The van der Waals surface area contributed by atoms with Crippen LogP contribution in [0, 0.1) is 5.92 Å². The lowest BCUT2D eigenvalue weighted by atomic mass is 9.88. The molecule has 1 aliphatic carbocycles. The Balaban J connectivity index is 1.63. The van der Waals surface area contributed by atoms with Crippen LogP contribution in [-0.2, 0) is 12.8 Å². The van der Waals surface area contributed by atoms with Crippen molar-refractivity contribution in [3.05, 3.63) is 51.9 Å². The molecule has 2 heterocycles. The second-order valence-electron chi connectivity index (χ2n) is 8.83. The number of thiophene rings is 1. The Labute approximate surface area is 183 Å². The van der Waals surface area contributed by atoms with Crippen LogP contribution in [0.2, 0.25) is 0 Å². The first-order valence-electron chi connectivity index (χ1n) is 10.9. The van der Waals surface area contributed by atoms with Crippen molar-refractivity contribution < 1.29 is 9.59 Å². The van der Waals surface area contributed by atoms with Crippen LogP contribution in [0.3, 0.4) is 0 Å². The topological polar surface area (TPSA) is 52.7 Å². The van der Waals surface area contributed by atoms with Crippen molar-refractivity contribution in [2.75, 3.05) is 32.5 Å². The lowest BCUT2D eigenvalue weighted by Gasteiger charge is -2.35. The number of fused-ring (bicyclic) bond motifs is 1. The van der Waals surface area contributed by atoms with Gasteiger partial charge in [0.1, 0.15) is 5.00 Å². The molecular formula is C24H31N3O2S. The van der Waals surface area contributed by atoms with E-state index < -0.39 is 0 Å². The van der Waals surface area contributed by atoms with Crippen molar-refractivity contribution in [2.45, 2.75) is 45.1 Å². The summed E-state index contributed by atoms with van der Waals surface area (Å²) in [4.78, 5) is 32.0. The van der Waals surface area contributed by atoms with Crippen LogP contribution in [0.5, 0.6) is 0 Å². The molecule has 1 N–H and O–H groups in total. The van der Waals surface area contributed by atoms with Crippen molar-refractivity contribution in [3.63, 3.8) is 0 Å². The summed E-state index contributed by atoms with van der Waals surface area (Å²) in [7, 11) is 4.06. The van der Waals surface area contributed by atoms with Gasteiger partial charge in [0.05, 0.1) is 5.56 Å². The minimum atomic E-state index is -0.154. The molecule has 0 saturated carbocycles. The Morgan fingerprint density at radius 1 is 1.13 bits per heavy atom. The van der Waals surface area contributed by atoms with Crippen LogP contribution < -0.4 is 5.32 Å². The Morgan fingerprint density at radius 2 is 1.83 bits per heavy atom. The Bertz CT molecular complexity index is 916. The summed E-state index contributed by atoms with van der Waals surface area (Å²) >= 11 is 1.59. The molecule has 0 unspecified atom stereocenters. The van der Waals surface area contributed by atoms with E-state index in [0.717, 1.165) is 56.3 Å². The summed E-state index contributed by atoms with van der Waals surface area (Å²) in [6.45, 7) is 4.29. The van der Waals surface area contributed by atoms with Gasteiger partial charge in [0.2, 0.25) is 0 Å². The fraction of sp³-hybridized carbons (Fsp3) is 0.500. The zero-order valence-electron chi connectivity index (χ0n) is 18.1. The molecule has 1 saturated heterocycles. The number of anilines is 1. The molecule has 6 heteroatoms. The van der Waals surface area contributed by atoms with Gasteiger partial charge in [-0.1, -0.05) is 25.1 Å². The molecule has 1 fully saturated rings. The average Bonchev–Trinajstić information content (AvgIpc) is 3.10. The van der Waals surface area contributed by atoms with Crippen LogP contribution in [0.15, 0.2) is 30.3 Å². The third-order valence-corrected chi connectivity index (χ3v) is 7.71. The first-order valence-corrected chi connectivity index (χ1v) is 11.7. The van der Waals surface area contributed by atoms with Gasteiger partial charge in [0.25, 0.3) is 11.8 Å². The van der Waals surface area contributed by atoms with E-state index in [-0.39, 0.29) is 17.9 Å². The summed E-state index contributed by atoms with van der Waals surface area (Å²) in [5.41, 5.74) is 2.50. The van der Waals surface area contributed by atoms with Crippen molar-refractivity contribution in [1.29, 1.82) is 0 Å². The van der Waals surface area contributed by atoms with Gasteiger partial charge < -0.3 is 15.1 Å². The van der Waals surface area contributed by atoms with E-state index in [1.165, 1.54) is 4.88 Å². The van der Waals surface area contributed by atoms with Gasteiger partial charge in [-0.25, -0.2) is 0 Å².